The maximum absolute atomic E-state index is 13.0. The van der Waals surface area contributed by atoms with Crippen molar-refractivity contribution in [1.82, 2.24) is 10.2 Å². The van der Waals surface area contributed by atoms with Gasteiger partial charge in [0.25, 0.3) is 0 Å². The molecule has 0 aliphatic carbocycles. The Morgan fingerprint density at radius 2 is 1.70 bits per heavy atom. The zero-order chi connectivity index (χ0) is 23.4. The van der Waals surface area contributed by atoms with Crippen LogP contribution in [0.25, 0.3) is 0 Å². The predicted molar refractivity (Wildman–Crippen MR) is 128 cm³/mol. The van der Waals surface area contributed by atoms with Crippen LogP contribution in [-0.4, -0.2) is 40.6 Å². The predicted octanol–water partition coefficient (Wildman–Crippen LogP) is 4.13. The fourth-order valence-electron chi connectivity index (χ4n) is 5.11. The van der Waals surface area contributed by atoms with E-state index in [2.05, 4.69) is 5.32 Å². The van der Waals surface area contributed by atoms with Gasteiger partial charge in [0.2, 0.25) is 0 Å². The molecule has 1 saturated heterocycles. The molecule has 170 valence electrons. The first kappa shape index (κ1) is 22.2. The fraction of sp³-hybridized carbons (Fsp3) is 0.280. The summed E-state index contributed by atoms with van der Waals surface area (Å²) in [5.74, 6) is 0.130. The van der Waals surface area contributed by atoms with Gasteiger partial charge in [-0.25, -0.2) is 4.99 Å². The van der Waals surface area contributed by atoms with Crippen molar-refractivity contribution < 1.29 is 14.6 Å². The van der Waals surface area contributed by atoms with Crippen molar-refractivity contribution in [3.05, 3.63) is 93.6 Å². The molecule has 33 heavy (non-hydrogen) atoms. The highest BCUT2D eigenvalue weighted by atomic mass is 35.5. The van der Waals surface area contributed by atoms with Crippen molar-refractivity contribution in [3.63, 3.8) is 0 Å². The molecule has 5 rings (SSSR count). The van der Waals surface area contributed by atoms with Gasteiger partial charge in [0.15, 0.2) is 11.2 Å². The molecular formula is C25H23Cl2N3O3. The van der Waals surface area contributed by atoms with Gasteiger partial charge >= 0.3 is 5.97 Å². The Hall–Kier alpha value is -2.64. The van der Waals surface area contributed by atoms with Gasteiger partial charge in [-0.3, -0.25) is 10.1 Å². The molecule has 2 aromatic rings. The molecule has 0 aromatic heterocycles. The second kappa shape index (κ2) is 7.99. The average molecular weight is 484 g/mol. The Labute approximate surface area is 202 Å². The number of carbonyl (C=O) groups excluding carboxylic acids is 1. The molecule has 0 spiro atoms. The van der Waals surface area contributed by atoms with Crippen molar-refractivity contribution >= 4 is 35.0 Å². The van der Waals surface area contributed by atoms with E-state index in [1.807, 2.05) is 54.4 Å². The number of nitrogens with zero attached hydrogens (tertiary/aromatic N) is 2. The third-order valence-electron chi connectivity index (χ3n) is 6.47. The molecule has 3 aliphatic heterocycles. The van der Waals surface area contributed by atoms with E-state index in [4.69, 9.17) is 32.9 Å². The van der Waals surface area contributed by atoms with Gasteiger partial charge in [-0.1, -0.05) is 53.5 Å². The summed E-state index contributed by atoms with van der Waals surface area (Å²) in [4.78, 5) is 20.1. The maximum atomic E-state index is 13.0. The summed E-state index contributed by atoms with van der Waals surface area (Å²) in [5.41, 5.74) is 0.124. The van der Waals surface area contributed by atoms with Gasteiger partial charge in [-0.05, 0) is 60.9 Å². The Morgan fingerprint density at radius 1 is 1.09 bits per heavy atom. The number of benzene rings is 2. The van der Waals surface area contributed by atoms with Crippen LogP contribution in [0.5, 0.6) is 0 Å². The number of amidine groups is 1. The summed E-state index contributed by atoms with van der Waals surface area (Å²) in [7, 11) is 0. The Bertz CT molecular complexity index is 1190. The molecule has 4 atom stereocenters. The van der Waals surface area contributed by atoms with Gasteiger partial charge in [0, 0.05) is 16.2 Å². The Morgan fingerprint density at radius 3 is 2.30 bits per heavy atom. The number of hydrogen-bond acceptors (Lipinski definition) is 6. The van der Waals surface area contributed by atoms with E-state index in [1.165, 1.54) is 0 Å². The molecule has 0 radical (unpaired) electrons. The topological polar surface area (TPSA) is 74.2 Å². The number of aliphatic imine (C=N–C) groups is 1. The molecule has 4 unspecified atom stereocenters. The van der Waals surface area contributed by atoms with E-state index in [-0.39, 0.29) is 6.61 Å². The average Bonchev–Trinajstić information content (AvgIpc) is 3.23. The normalized spacial score (nSPS) is 29.9. The lowest BCUT2D eigenvalue weighted by Crippen LogP contribution is -2.59. The van der Waals surface area contributed by atoms with Gasteiger partial charge in [-0.15, -0.1) is 0 Å². The number of ether oxygens (including phenoxy) is 1. The molecule has 8 heteroatoms. The Balaban J connectivity index is 1.83. The third kappa shape index (κ3) is 3.09. The molecule has 0 saturated carbocycles. The van der Waals surface area contributed by atoms with E-state index in [1.54, 1.807) is 31.2 Å². The lowest BCUT2D eigenvalue weighted by molar-refractivity contribution is -0.148. The summed E-state index contributed by atoms with van der Waals surface area (Å²) >= 11 is 12.4. The standard InChI is InChI=1S/C25H23Cl2N3O3/c1-3-33-23(32)21-22(31)24(16-5-9-18(26)10-6-16)25(29-21,17-7-11-19(27)12-8-17)30-14-15(2)4-13-20(30)28-24/h4-14,21-22,29,31H,3H2,1-2H3. The monoisotopic (exact) mass is 483 g/mol. The first-order valence-electron chi connectivity index (χ1n) is 10.7. The maximum Gasteiger partial charge on any atom is 0.326 e. The summed E-state index contributed by atoms with van der Waals surface area (Å²) in [6.07, 6.45) is 4.62. The number of halogens is 2. The number of allylic oxidation sites excluding steroid dienone is 2. The van der Waals surface area contributed by atoms with Gasteiger partial charge in [-0.2, -0.15) is 0 Å². The summed E-state index contributed by atoms with van der Waals surface area (Å²) in [6.45, 7) is 3.92. The Kier molecular flexibility index (Phi) is 5.37. The molecule has 3 heterocycles. The summed E-state index contributed by atoms with van der Waals surface area (Å²) in [5, 5.41) is 16.4. The van der Waals surface area contributed by atoms with Crippen LogP contribution in [0.15, 0.2) is 77.4 Å². The first-order chi connectivity index (χ1) is 15.8. The van der Waals surface area contributed by atoms with E-state index < -0.39 is 29.3 Å². The molecular weight excluding hydrogens is 461 g/mol. The van der Waals surface area contributed by atoms with Crippen LogP contribution in [0.1, 0.15) is 25.0 Å². The second-order valence-corrected chi connectivity index (χ2v) is 9.23. The fourth-order valence-corrected chi connectivity index (χ4v) is 5.36. The number of aliphatic hydroxyl groups is 1. The molecule has 0 bridgehead atoms. The van der Waals surface area contributed by atoms with E-state index in [0.717, 1.165) is 16.7 Å². The van der Waals surface area contributed by atoms with Crippen LogP contribution in [0.2, 0.25) is 10.0 Å². The highest BCUT2D eigenvalue weighted by Crippen LogP contribution is 2.58. The zero-order valence-corrected chi connectivity index (χ0v) is 19.6. The number of fused-ring (bicyclic) bond motifs is 3. The van der Waals surface area contributed by atoms with Crippen LogP contribution in [0.4, 0.5) is 0 Å². The molecule has 3 aliphatic rings. The van der Waals surface area contributed by atoms with Crippen molar-refractivity contribution in [2.45, 2.75) is 37.2 Å². The summed E-state index contributed by atoms with van der Waals surface area (Å²) in [6, 6.07) is 13.6. The van der Waals surface area contributed by atoms with E-state index >= 15 is 0 Å². The van der Waals surface area contributed by atoms with Crippen molar-refractivity contribution in [2.75, 3.05) is 6.61 Å². The molecule has 2 aromatic carbocycles. The number of nitrogens with one attached hydrogen (secondary N) is 1. The molecule has 1 fully saturated rings. The van der Waals surface area contributed by atoms with Crippen molar-refractivity contribution in [3.8, 4) is 0 Å². The van der Waals surface area contributed by atoms with Crippen molar-refractivity contribution in [1.29, 1.82) is 0 Å². The van der Waals surface area contributed by atoms with Gasteiger partial charge in [0.1, 0.15) is 18.0 Å². The van der Waals surface area contributed by atoms with E-state index in [9.17, 15) is 9.90 Å². The number of carbonyl (C=O) groups is 1. The van der Waals surface area contributed by atoms with Gasteiger partial charge in [0.05, 0.1) is 6.61 Å². The second-order valence-electron chi connectivity index (χ2n) is 8.36. The molecule has 6 nitrogen and oxygen atoms in total. The number of aliphatic hydroxyl groups excluding tert-OH is 1. The van der Waals surface area contributed by atoms with E-state index in [0.29, 0.717) is 15.9 Å². The summed E-state index contributed by atoms with van der Waals surface area (Å²) < 4.78 is 5.32. The van der Waals surface area contributed by atoms with Crippen LogP contribution in [0, 0.1) is 0 Å². The van der Waals surface area contributed by atoms with Crippen LogP contribution in [0.3, 0.4) is 0 Å². The van der Waals surface area contributed by atoms with Crippen molar-refractivity contribution in [2.24, 2.45) is 4.99 Å². The quantitative estimate of drug-likeness (QED) is 0.639. The SMILES string of the molecule is CCOC(=O)C1NC2(c3ccc(Cl)cc3)N3C=C(C)C=CC3=NC2(c2ccc(Cl)cc2)C1O. The first-order valence-corrected chi connectivity index (χ1v) is 11.5. The minimum absolute atomic E-state index is 0.200. The third-order valence-corrected chi connectivity index (χ3v) is 6.98. The van der Waals surface area contributed by atoms with Crippen LogP contribution >= 0.6 is 23.2 Å². The number of rotatable bonds is 4. The minimum atomic E-state index is -1.27. The number of hydrogen-bond donors (Lipinski definition) is 2. The minimum Gasteiger partial charge on any atom is -0.465 e. The van der Waals surface area contributed by atoms with Gasteiger partial charge < -0.3 is 14.7 Å². The lowest BCUT2D eigenvalue weighted by Gasteiger charge is -2.45. The molecule has 2 N–H and O–H groups in total. The largest absolute Gasteiger partial charge is 0.465 e. The highest BCUT2D eigenvalue weighted by molar-refractivity contribution is 6.30. The zero-order valence-electron chi connectivity index (χ0n) is 18.1. The lowest BCUT2D eigenvalue weighted by atomic mass is 9.73. The van der Waals surface area contributed by atoms with Crippen LogP contribution < -0.4 is 5.32 Å². The number of esters is 1. The smallest absolute Gasteiger partial charge is 0.326 e. The highest BCUT2D eigenvalue weighted by Gasteiger charge is 2.73. The molecule has 0 amide bonds. The van der Waals surface area contributed by atoms with Crippen LogP contribution in [-0.2, 0) is 20.7 Å².